The summed E-state index contributed by atoms with van der Waals surface area (Å²) in [6, 6.07) is 7.10. The molecule has 0 aliphatic carbocycles. The second-order valence-electron chi connectivity index (χ2n) is 4.67. The summed E-state index contributed by atoms with van der Waals surface area (Å²) in [5, 5.41) is 12.1. The summed E-state index contributed by atoms with van der Waals surface area (Å²) in [4.78, 5) is 12.1. The molecule has 5 nitrogen and oxygen atoms in total. The Hall–Kier alpha value is -1.95. The lowest BCUT2D eigenvalue weighted by Crippen LogP contribution is -2.12. The van der Waals surface area contributed by atoms with E-state index in [0.29, 0.717) is 10.7 Å². The van der Waals surface area contributed by atoms with Gasteiger partial charge in [-0.05, 0) is 44.0 Å². The highest BCUT2D eigenvalue weighted by molar-refractivity contribution is 7.15. The number of aromatic nitrogens is 2. The number of amides is 1. The van der Waals surface area contributed by atoms with Crippen molar-refractivity contribution in [2.45, 2.75) is 39.7 Å². The van der Waals surface area contributed by atoms with Crippen molar-refractivity contribution in [3.8, 4) is 5.75 Å². The Bertz CT molecular complexity index is 595. The minimum atomic E-state index is -0.191. The number of nitrogens with one attached hydrogen (secondary N) is 1. The van der Waals surface area contributed by atoms with E-state index in [0.717, 1.165) is 23.6 Å². The maximum atomic E-state index is 12.1. The van der Waals surface area contributed by atoms with Gasteiger partial charge in [0, 0.05) is 5.56 Å². The highest BCUT2D eigenvalue weighted by Crippen LogP contribution is 2.18. The number of carbonyl (C=O) groups excluding carboxylic acids is 1. The molecule has 21 heavy (non-hydrogen) atoms. The average molecular weight is 305 g/mol. The largest absolute Gasteiger partial charge is 0.491 e. The van der Waals surface area contributed by atoms with Crippen LogP contribution in [-0.2, 0) is 6.42 Å². The molecule has 0 aliphatic heterocycles. The fourth-order valence-electron chi connectivity index (χ4n) is 1.62. The second kappa shape index (κ2) is 7.17. The molecule has 0 radical (unpaired) electrons. The molecule has 2 aromatic rings. The molecule has 6 heteroatoms. The van der Waals surface area contributed by atoms with Crippen LogP contribution in [0.15, 0.2) is 24.3 Å². The van der Waals surface area contributed by atoms with Gasteiger partial charge in [-0.25, -0.2) is 0 Å². The Labute approximate surface area is 128 Å². The first-order chi connectivity index (χ1) is 10.1. The predicted octanol–water partition coefficient (Wildman–Crippen LogP) is 3.53. The topological polar surface area (TPSA) is 64.1 Å². The van der Waals surface area contributed by atoms with Gasteiger partial charge in [0.15, 0.2) is 0 Å². The zero-order valence-corrected chi connectivity index (χ0v) is 13.2. The summed E-state index contributed by atoms with van der Waals surface area (Å²) in [6.45, 7) is 6.09. The molecule has 0 saturated carbocycles. The third-order valence-corrected chi connectivity index (χ3v) is 4.00. The molecule has 0 spiro atoms. The molecule has 1 heterocycles. The molecule has 1 aromatic heterocycles. The molecule has 1 aromatic carbocycles. The predicted molar refractivity (Wildman–Crippen MR) is 84.1 cm³/mol. The van der Waals surface area contributed by atoms with Crippen LogP contribution in [0, 0.1) is 0 Å². The Morgan fingerprint density at radius 2 is 2.00 bits per heavy atom. The third kappa shape index (κ3) is 4.26. The molecule has 112 valence electrons. The molecule has 1 amide bonds. The van der Waals surface area contributed by atoms with Gasteiger partial charge in [-0.3, -0.25) is 10.1 Å². The van der Waals surface area contributed by atoms with Gasteiger partial charge in [0.25, 0.3) is 5.91 Å². The normalized spacial score (nSPS) is 12.0. The van der Waals surface area contributed by atoms with Crippen LogP contribution >= 0.6 is 11.3 Å². The number of benzene rings is 1. The maximum Gasteiger partial charge on any atom is 0.257 e. The van der Waals surface area contributed by atoms with Gasteiger partial charge in [-0.2, -0.15) is 0 Å². The molecule has 1 N–H and O–H groups in total. The van der Waals surface area contributed by atoms with Gasteiger partial charge >= 0.3 is 0 Å². The highest BCUT2D eigenvalue weighted by Gasteiger charge is 2.10. The van der Waals surface area contributed by atoms with Crippen LogP contribution in [0.3, 0.4) is 0 Å². The van der Waals surface area contributed by atoms with E-state index in [9.17, 15) is 4.79 Å². The van der Waals surface area contributed by atoms with Crippen molar-refractivity contribution in [2.24, 2.45) is 0 Å². The first-order valence-corrected chi connectivity index (χ1v) is 7.84. The Morgan fingerprint density at radius 3 is 2.57 bits per heavy atom. The van der Waals surface area contributed by atoms with E-state index < -0.39 is 0 Å². The van der Waals surface area contributed by atoms with Crippen LogP contribution in [0.25, 0.3) is 0 Å². The lowest BCUT2D eigenvalue weighted by molar-refractivity contribution is 0.102. The zero-order valence-electron chi connectivity index (χ0n) is 12.4. The van der Waals surface area contributed by atoms with Gasteiger partial charge in [0.2, 0.25) is 5.13 Å². The Balaban J connectivity index is 1.99. The van der Waals surface area contributed by atoms with Crippen LogP contribution < -0.4 is 10.1 Å². The number of aryl methyl sites for hydroxylation is 1. The first-order valence-electron chi connectivity index (χ1n) is 7.02. The van der Waals surface area contributed by atoms with Gasteiger partial charge in [0.05, 0.1) is 6.10 Å². The van der Waals surface area contributed by atoms with Crippen LogP contribution in [-0.4, -0.2) is 22.2 Å². The molecule has 0 aliphatic rings. The van der Waals surface area contributed by atoms with Crippen molar-refractivity contribution >= 4 is 22.4 Å². The number of hydrogen-bond donors (Lipinski definition) is 1. The van der Waals surface area contributed by atoms with Crippen molar-refractivity contribution in [1.29, 1.82) is 0 Å². The summed E-state index contributed by atoms with van der Waals surface area (Å²) in [5.41, 5.74) is 0.569. The van der Waals surface area contributed by atoms with Crippen LogP contribution in [0.2, 0.25) is 0 Å². The monoisotopic (exact) mass is 305 g/mol. The number of rotatable bonds is 6. The van der Waals surface area contributed by atoms with Crippen LogP contribution in [0.4, 0.5) is 5.13 Å². The van der Waals surface area contributed by atoms with E-state index in [-0.39, 0.29) is 12.0 Å². The fourth-order valence-corrected chi connectivity index (χ4v) is 2.29. The molecule has 0 bridgehead atoms. The maximum absolute atomic E-state index is 12.1. The third-order valence-electron chi connectivity index (χ3n) is 3.02. The minimum Gasteiger partial charge on any atom is -0.491 e. The van der Waals surface area contributed by atoms with Crippen LogP contribution in [0.1, 0.15) is 42.6 Å². The number of hydrogen-bond acceptors (Lipinski definition) is 5. The zero-order chi connectivity index (χ0) is 15.2. The van der Waals surface area contributed by atoms with Crippen molar-refractivity contribution in [1.82, 2.24) is 10.2 Å². The summed E-state index contributed by atoms with van der Waals surface area (Å²) in [7, 11) is 0. The SMILES string of the molecule is CCc1nnc(NC(=O)c2ccc(OC(C)CC)cc2)s1. The van der Waals surface area contributed by atoms with Gasteiger partial charge in [-0.1, -0.05) is 25.2 Å². The van der Waals surface area contributed by atoms with E-state index in [1.807, 2.05) is 13.8 Å². The summed E-state index contributed by atoms with van der Waals surface area (Å²) in [5.74, 6) is 0.578. The van der Waals surface area contributed by atoms with Crippen LogP contribution in [0.5, 0.6) is 5.75 Å². The number of carbonyl (C=O) groups is 1. The van der Waals surface area contributed by atoms with E-state index in [4.69, 9.17) is 4.74 Å². The van der Waals surface area contributed by atoms with E-state index in [2.05, 4.69) is 22.4 Å². The van der Waals surface area contributed by atoms with Gasteiger partial charge in [-0.15, -0.1) is 10.2 Å². The van der Waals surface area contributed by atoms with Crippen molar-refractivity contribution in [3.63, 3.8) is 0 Å². The Kier molecular flexibility index (Phi) is 5.27. The lowest BCUT2D eigenvalue weighted by atomic mass is 10.2. The van der Waals surface area contributed by atoms with E-state index in [1.165, 1.54) is 11.3 Å². The summed E-state index contributed by atoms with van der Waals surface area (Å²) in [6.07, 6.45) is 1.92. The number of anilines is 1. The number of nitrogens with zero attached hydrogens (tertiary/aromatic N) is 2. The van der Waals surface area contributed by atoms with Gasteiger partial charge < -0.3 is 4.74 Å². The fraction of sp³-hybridized carbons (Fsp3) is 0.400. The molecule has 1 atom stereocenters. The van der Waals surface area contributed by atoms with E-state index in [1.54, 1.807) is 24.3 Å². The summed E-state index contributed by atoms with van der Waals surface area (Å²) < 4.78 is 5.68. The van der Waals surface area contributed by atoms with Crippen molar-refractivity contribution in [2.75, 3.05) is 5.32 Å². The second-order valence-corrected chi connectivity index (χ2v) is 5.73. The summed E-state index contributed by atoms with van der Waals surface area (Å²) >= 11 is 1.39. The molecule has 1 unspecified atom stereocenters. The highest BCUT2D eigenvalue weighted by atomic mass is 32.1. The van der Waals surface area contributed by atoms with Crippen molar-refractivity contribution in [3.05, 3.63) is 34.8 Å². The standard InChI is InChI=1S/C15H19N3O2S/c1-4-10(3)20-12-8-6-11(7-9-12)14(19)16-15-18-17-13(5-2)21-15/h6-10H,4-5H2,1-3H3,(H,16,18,19). The minimum absolute atomic E-state index is 0.165. The molecule has 0 saturated heterocycles. The average Bonchev–Trinajstić information content (AvgIpc) is 2.95. The molecular weight excluding hydrogens is 286 g/mol. The smallest absolute Gasteiger partial charge is 0.257 e. The molecule has 0 fully saturated rings. The van der Waals surface area contributed by atoms with Gasteiger partial charge in [0.1, 0.15) is 10.8 Å². The quantitative estimate of drug-likeness (QED) is 0.886. The molecular formula is C15H19N3O2S. The first kappa shape index (κ1) is 15.4. The molecule has 2 rings (SSSR count). The van der Waals surface area contributed by atoms with Crippen molar-refractivity contribution < 1.29 is 9.53 Å². The van der Waals surface area contributed by atoms with E-state index >= 15 is 0 Å². The lowest BCUT2D eigenvalue weighted by Gasteiger charge is -2.12. The Morgan fingerprint density at radius 1 is 1.29 bits per heavy atom. The number of ether oxygens (including phenoxy) is 1.